The van der Waals surface area contributed by atoms with Crippen LogP contribution in [0.4, 0.5) is 0 Å². The molecule has 2 aliphatic rings. The van der Waals surface area contributed by atoms with Crippen LogP contribution >= 0.6 is 0 Å². The van der Waals surface area contributed by atoms with Crippen LogP contribution in [0.15, 0.2) is 29.2 Å². The predicted molar refractivity (Wildman–Crippen MR) is 107 cm³/mol. The molecule has 0 saturated heterocycles. The van der Waals surface area contributed by atoms with Gasteiger partial charge in [-0.05, 0) is 49.9 Å². The third-order valence-corrected chi connectivity index (χ3v) is 8.23. The first-order chi connectivity index (χ1) is 12.9. The smallest absolute Gasteiger partial charge is 0.253 e. The predicted octanol–water partition coefficient (Wildman–Crippen LogP) is 4.04. The van der Waals surface area contributed by atoms with Crippen LogP contribution in [0.5, 0.6) is 0 Å². The molecule has 0 N–H and O–H groups in total. The number of sulfonamides is 1. The summed E-state index contributed by atoms with van der Waals surface area (Å²) in [6.45, 7) is 0. The lowest BCUT2D eigenvalue weighted by molar-refractivity contribution is 0.0696. The molecule has 1 amide bonds. The number of nitrogens with zero attached hydrogens (tertiary/aromatic N) is 2. The van der Waals surface area contributed by atoms with Crippen molar-refractivity contribution in [1.29, 1.82) is 0 Å². The molecule has 0 atom stereocenters. The maximum Gasteiger partial charge on any atom is 0.253 e. The number of amides is 1. The van der Waals surface area contributed by atoms with Crippen LogP contribution in [-0.2, 0) is 10.0 Å². The summed E-state index contributed by atoms with van der Waals surface area (Å²) in [4.78, 5) is 14.9. The van der Waals surface area contributed by atoms with Crippen molar-refractivity contribution in [2.75, 3.05) is 14.1 Å². The first-order valence-electron chi connectivity index (χ1n) is 10.3. The van der Waals surface area contributed by atoms with Gasteiger partial charge in [-0.1, -0.05) is 38.5 Å². The van der Waals surface area contributed by atoms with Crippen LogP contribution in [-0.4, -0.2) is 49.7 Å². The molecule has 6 heteroatoms. The van der Waals surface area contributed by atoms with Crippen LogP contribution in [0.25, 0.3) is 0 Å². The van der Waals surface area contributed by atoms with Crippen molar-refractivity contribution in [2.24, 2.45) is 0 Å². The minimum Gasteiger partial charge on any atom is -0.339 e. The fraction of sp³-hybridized carbons (Fsp3) is 0.667. The maximum absolute atomic E-state index is 12.9. The lowest BCUT2D eigenvalue weighted by Gasteiger charge is -2.31. The van der Waals surface area contributed by atoms with E-state index in [2.05, 4.69) is 0 Å². The molecule has 2 aliphatic carbocycles. The molecule has 0 aromatic heterocycles. The average molecular weight is 393 g/mol. The zero-order chi connectivity index (χ0) is 19.4. The van der Waals surface area contributed by atoms with Crippen LogP contribution in [0.2, 0.25) is 0 Å². The van der Waals surface area contributed by atoms with Crippen molar-refractivity contribution in [3.63, 3.8) is 0 Å². The highest BCUT2D eigenvalue weighted by molar-refractivity contribution is 7.89. The van der Waals surface area contributed by atoms with Gasteiger partial charge in [0.2, 0.25) is 10.0 Å². The number of carbonyl (C=O) groups excluding carboxylic acids is 1. The molecule has 0 aliphatic heterocycles. The topological polar surface area (TPSA) is 57.7 Å². The Morgan fingerprint density at radius 1 is 0.815 bits per heavy atom. The monoisotopic (exact) mass is 392 g/mol. The van der Waals surface area contributed by atoms with Gasteiger partial charge in [0.1, 0.15) is 0 Å². The summed E-state index contributed by atoms with van der Waals surface area (Å²) in [6.07, 6.45) is 10.9. The molecule has 0 heterocycles. The maximum atomic E-state index is 12.9. The van der Waals surface area contributed by atoms with E-state index in [1.165, 1.54) is 30.0 Å². The molecule has 2 saturated carbocycles. The molecule has 0 unspecified atom stereocenters. The standard InChI is InChI=1S/C21H32N2O3S/c1-22(18-9-5-3-6-10-18)21(24)17-13-15-20(16-14-17)27(25,26)23(2)19-11-7-4-8-12-19/h13-16,18-19H,3-12H2,1-2H3. The van der Waals surface area contributed by atoms with E-state index >= 15 is 0 Å². The second-order valence-electron chi connectivity index (χ2n) is 8.05. The zero-order valence-corrected chi connectivity index (χ0v) is 17.4. The average Bonchev–Trinajstić information content (AvgIpc) is 2.73. The molecule has 2 fully saturated rings. The van der Waals surface area contributed by atoms with Crippen LogP contribution in [0.3, 0.4) is 0 Å². The second-order valence-corrected chi connectivity index (χ2v) is 10.0. The molecule has 27 heavy (non-hydrogen) atoms. The van der Waals surface area contributed by atoms with Gasteiger partial charge in [-0.3, -0.25) is 4.79 Å². The number of rotatable bonds is 5. The van der Waals surface area contributed by atoms with Gasteiger partial charge in [-0.25, -0.2) is 8.42 Å². The number of hydrogen-bond donors (Lipinski definition) is 0. The summed E-state index contributed by atoms with van der Waals surface area (Å²) in [5.74, 6) is -0.0218. The van der Waals surface area contributed by atoms with Gasteiger partial charge < -0.3 is 4.90 Å². The van der Waals surface area contributed by atoms with Crippen molar-refractivity contribution < 1.29 is 13.2 Å². The van der Waals surface area contributed by atoms with Gasteiger partial charge in [0.05, 0.1) is 4.90 Å². The van der Waals surface area contributed by atoms with Crippen molar-refractivity contribution in [3.8, 4) is 0 Å². The van der Waals surface area contributed by atoms with E-state index in [4.69, 9.17) is 0 Å². The third-order valence-electron chi connectivity index (χ3n) is 6.31. The minimum absolute atomic E-state index is 0.0218. The number of hydrogen-bond acceptors (Lipinski definition) is 3. The second kappa shape index (κ2) is 8.74. The fourth-order valence-electron chi connectivity index (χ4n) is 4.41. The molecule has 5 nitrogen and oxygen atoms in total. The van der Waals surface area contributed by atoms with Gasteiger partial charge in [-0.2, -0.15) is 4.31 Å². The van der Waals surface area contributed by atoms with E-state index in [0.29, 0.717) is 11.6 Å². The molecule has 0 radical (unpaired) electrons. The molecular weight excluding hydrogens is 360 g/mol. The van der Waals surface area contributed by atoms with Gasteiger partial charge in [0.15, 0.2) is 0 Å². The first kappa shape index (κ1) is 20.3. The first-order valence-corrected chi connectivity index (χ1v) is 11.7. The molecule has 3 rings (SSSR count). The summed E-state index contributed by atoms with van der Waals surface area (Å²) >= 11 is 0. The van der Waals surface area contributed by atoms with E-state index in [9.17, 15) is 13.2 Å². The molecule has 150 valence electrons. The Bertz CT molecular complexity index is 733. The minimum atomic E-state index is -3.51. The highest BCUT2D eigenvalue weighted by Crippen LogP contribution is 2.27. The summed E-state index contributed by atoms with van der Waals surface area (Å²) in [5.41, 5.74) is 0.558. The molecule has 1 aromatic carbocycles. The van der Waals surface area contributed by atoms with E-state index in [-0.39, 0.29) is 16.8 Å². The Morgan fingerprint density at radius 3 is 1.81 bits per heavy atom. The zero-order valence-electron chi connectivity index (χ0n) is 16.6. The highest BCUT2D eigenvalue weighted by Gasteiger charge is 2.29. The molecular formula is C21H32N2O3S. The number of benzene rings is 1. The Labute approximate surface area is 163 Å². The largest absolute Gasteiger partial charge is 0.339 e. The van der Waals surface area contributed by atoms with Crippen LogP contribution in [0, 0.1) is 0 Å². The van der Waals surface area contributed by atoms with Crippen molar-refractivity contribution in [3.05, 3.63) is 29.8 Å². The molecule has 0 bridgehead atoms. The van der Waals surface area contributed by atoms with E-state index in [1.807, 2.05) is 11.9 Å². The molecule has 0 spiro atoms. The van der Waals surface area contributed by atoms with E-state index in [1.54, 1.807) is 31.3 Å². The normalized spacial score (nSPS) is 20.0. The van der Waals surface area contributed by atoms with Crippen LogP contribution < -0.4 is 0 Å². The van der Waals surface area contributed by atoms with Crippen molar-refractivity contribution in [2.45, 2.75) is 81.2 Å². The third kappa shape index (κ3) is 4.54. The van der Waals surface area contributed by atoms with Gasteiger partial charge in [0, 0.05) is 31.7 Å². The summed E-state index contributed by atoms with van der Waals surface area (Å²) < 4.78 is 27.4. The summed E-state index contributed by atoms with van der Waals surface area (Å²) in [6, 6.07) is 6.86. The van der Waals surface area contributed by atoms with Gasteiger partial charge in [0.25, 0.3) is 5.91 Å². The van der Waals surface area contributed by atoms with Crippen molar-refractivity contribution >= 4 is 15.9 Å². The van der Waals surface area contributed by atoms with E-state index < -0.39 is 10.0 Å². The Balaban J connectivity index is 1.71. The fourth-order valence-corrected chi connectivity index (χ4v) is 5.83. The summed E-state index contributed by atoms with van der Waals surface area (Å²) in [7, 11) is 0.0294. The Hall–Kier alpha value is -1.40. The van der Waals surface area contributed by atoms with Gasteiger partial charge in [-0.15, -0.1) is 0 Å². The number of carbonyl (C=O) groups is 1. The molecule has 1 aromatic rings. The lowest BCUT2D eigenvalue weighted by Crippen LogP contribution is -2.39. The SMILES string of the molecule is CN(C(=O)c1ccc(S(=O)(=O)N(C)C2CCCCC2)cc1)C1CCCCC1. The summed E-state index contributed by atoms with van der Waals surface area (Å²) in [5, 5.41) is 0. The van der Waals surface area contributed by atoms with E-state index in [0.717, 1.165) is 38.5 Å². The quantitative estimate of drug-likeness (QED) is 0.760. The van der Waals surface area contributed by atoms with Crippen molar-refractivity contribution in [1.82, 2.24) is 9.21 Å². The Morgan fingerprint density at radius 2 is 1.30 bits per heavy atom. The van der Waals surface area contributed by atoms with Gasteiger partial charge >= 0.3 is 0 Å². The van der Waals surface area contributed by atoms with Crippen LogP contribution in [0.1, 0.15) is 74.6 Å². The highest BCUT2D eigenvalue weighted by atomic mass is 32.2. The Kier molecular flexibility index (Phi) is 6.58. The lowest BCUT2D eigenvalue weighted by atomic mass is 9.94.